The van der Waals surface area contributed by atoms with Crippen molar-refractivity contribution in [3.63, 3.8) is 0 Å². The summed E-state index contributed by atoms with van der Waals surface area (Å²) >= 11 is 3.39. The van der Waals surface area contributed by atoms with Crippen LogP contribution in [0.3, 0.4) is 0 Å². The Bertz CT molecular complexity index is 356. The van der Waals surface area contributed by atoms with E-state index >= 15 is 0 Å². The molecule has 0 spiro atoms. The van der Waals surface area contributed by atoms with Gasteiger partial charge < -0.3 is 10.2 Å². The van der Waals surface area contributed by atoms with E-state index in [4.69, 9.17) is 0 Å². The molecule has 17 heavy (non-hydrogen) atoms. The van der Waals surface area contributed by atoms with Crippen LogP contribution in [0.15, 0.2) is 22.8 Å². The van der Waals surface area contributed by atoms with Gasteiger partial charge in [0.1, 0.15) is 4.60 Å². The van der Waals surface area contributed by atoms with Crippen molar-refractivity contribution in [2.75, 3.05) is 26.7 Å². The molecule has 2 heterocycles. The maximum Gasteiger partial charge on any atom is 0.106 e. The largest absolute Gasteiger partial charge is 0.311 e. The van der Waals surface area contributed by atoms with E-state index in [-0.39, 0.29) is 0 Å². The monoisotopic (exact) mass is 297 g/mol. The van der Waals surface area contributed by atoms with Gasteiger partial charge in [-0.3, -0.25) is 0 Å². The Morgan fingerprint density at radius 2 is 2.41 bits per heavy atom. The van der Waals surface area contributed by atoms with Crippen molar-refractivity contribution in [3.05, 3.63) is 28.5 Å². The van der Waals surface area contributed by atoms with Gasteiger partial charge in [-0.1, -0.05) is 6.07 Å². The molecule has 1 atom stereocenters. The summed E-state index contributed by atoms with van der Waals surface area (Å²) in [5.74, 6) is 0.793. The van der Waals surface area contributed by atoms with Crippen LogP contribution in [-0.4, -0.2) is 36.6 Å². The number of halogens is 1. The van der Waals surface area contributed by atoms with Crippen molar-refractivity contribution in [1.29, 1.82) is 0 Å². The fraction of sp³-hybridized carbons (Fsp3) is 0.615. The highest BCUT2D eigenvalue weighted by Crippen LogP contribution is 2.14. The second-order valence-corrected chi connectivity index (χ2v) is 5.67. The molecule has 1 aromatic heterocycles. The second kappa shape index (κ2) is 6.47. The Kier molecular flexibility index (Phi) is 4.95. The van der Waals surface area contributed by atoms with Crippen molar-refractivity contribution in [1.82, 2.24) is 15.2 Å². The Balaban J connectivity index is 1.72. The van der Waals surface area contributed by atoms with Crippen molar-refractivity contribution in [2.45, 2.75) is 19.4 Å². The number of hydrogen-bond donors (Lipinski definition) is 1. The average molecular weight is 298 g/mol. The fourth-order valence-corrected chi connectivity index (χ4v) is 2.77. The molecular weight excluding hydrogens is 278 g/mol. The zero-order valence-corrected chi connectivity index (χ0v) is 11.9. The summed E-state index contributed by atoms with van der Waals surface area (Å²) in [6.07, 6.45) is 2.68. The minimum Gasteiger partial charge on any atom is -0.311 e. The standard InChI is InChI=1S/C13H20BrN3/c1-17-7-3-4-11(10-17)8-15-9-12-5-2-6-13(14)16-12/h2,5-6,11,15H,3-4,7-10H2,1H3. The first-order chi connectivity index (χ1) is 8.24. The van der Waals surface area contributed by atoms with E-state index < -0.39 is 0 Å². The van der Waals surface area contributed by atoms with E-state index in [1.165, 1.54) is 25.9 Å². The lowest BCUT2D eigenvalue weighted by atomic mass is 9.98. The molecule has 4 heteroatoms. The average Bonchev–Trinajstić information content (AvgIpc) is 2.29. The minimum atomic E-state index is 0.793. The van der Waals surface area contributed by atoms with Crippen molar-refractivity contribution >= 4 is 15.9 Å². The van der Waals surface area contributed by atoms with E-state index in [0.29, 0.717) is 0 Å². The second-order valence-electron chi connectivity index (χ2n) is 4.85. The predicted molar refractivity (Wildman–Crippen MR) is 73.9 cm³/mol. The zero-order valence-electron chi connectivity index (χ0n) is 10.3. The Hall–Kier alpha value is -0.450. The minimum absolute atomic E-state index is 0.793. The predicted octanol–water partition coefficient (Wildman–Crippen LogP) is 2.28. The smallest absolute Gasteiger partial charge is 0.106 e. The van der Waals surface area contributed by atoms with Gasteiger partial charge in [0.25, 0.3) is 0 Å². The van der Waals surface area contributed by atoms with Crippen molar-refractivity contribution in [3.8, 4) is 0 Å². The maximum atomic E-state index is 4.41. The molecule has 0 aromatic carbocycles. The van der Waals surface area contributed by atoms with Gasteiger partial charge in [0.15, 0.2) is 0 Å². The first kappa shape index (κ1) is 13.0. The molecule has 0 saturated carbocycles. The molecule has 0 bridgehead atoms. The summed E-state index contributed by atoms with van der Waals surface area (Å²) in [6, 6.07) is 6.05. The summed E-state index contributed by atoms with van der Waals surface area (Å²) in [5.41, 5.74) is 1.10. The summed E-state index contributed by atoms with van der Waals surface area (Å²) < 4.78 is 0.911. The Morgan fingerprint density at radius 1 is 1.53 bits per heavy atom. The third-order valence-corrected chi connectivity index (χ3v) is 3.68. The molecule has 2 rings (SSSR count). The van der Waals surface area contributed by atoms with Gasteiger partial charge >= 0.3 is 0 Å². The first-order valence-corrected chi connectivity index (χ1v) is 7.04. The molecule has 1 saturated heterocycles. The van der Waals surface area contributed by atoms with E-state index in [9.17, 15) is 0 Å². The molecule has 3 nitrogen and oxygen atoms in total. The maximum absolute atomic E-state index is 4.41. The Labute approximate surface area is 112 Å². The molecule has 1 aliphatic rings. The van der Waals surface area contributed by atoms with Gasteiger partial charge in [0, 0.05) is 13.1 Å². The fourth-order valence-electron chi connectivity index (χ4n) is 2.39. The first-order valence-electron chi connectivity index (χ1n) is 6.25. The van der Waals surface area contributed by atoms with Crippen LogP contribution in [0.5, 0.6) is 0 Å². The van der Waals surface area contributed by atoms with Crippen molar-refractivity contribution in [2.24, 2.45) is 5.92 Å². The zero-order chi connectivity index (χ0) is 12.1. The molecule has 0 aliphatic carbocycles. The number of aromatic nitrogens is 1. The molecule has 0 amide bonds. The third-order valence-electron chi connectivity index (χ3n) is 3.23. The number of nitrogens with zero attached hydrogens (tertiary/aromatic N) is 2. The SMILES string of the molecule is CN1CCCC(CNCc2cccc(Br)n2)C1. The quantitative estimate of drug-likeness (QED) is 0.864. The van der Waals surface area contributed by atoms with Crippen LogP contribution in [0.25, 0.3) is 0 Å². The third kappa shape index (κ3) is 4.37. The number of rotatable bonds is 4. The number of hydrogen-bond acceptors (Lipinski definition) is 3. The van der Waals surface area contributed by atoms with Gasteiger partial charge in [0.2, 0.25) is 0 Å². The molecule has 1 aliphatic heterocycles. The van der Waals surface area contributed by atoms with Gasteiger partial charge in [0.05, 0.1) is 5.69 Å². The summed E-state index contributed by atoms with van der Waals surface area (Å²) in [5, 5.41) is 3.51. The molecule has 1 N–H and O–H groups in total. The van der Waals surface area contributed by atoms with Gasteiger partial charge in [-0.05, 0) is 67.0 Å². The van der Waals surface area contributed by atoms with E-state index in [1.54, 1.807) is 0 Å². The topological polar surface area (TPSA) is 28.2 Å². The van der Waals surface area contributed by atoms with Crippen LogP contribution in [0.1, 0.15) is 18.5 Å². The summed E-state index contributed by atoms with van der Waals surface area (Å²) in [4.78, 5) is 6.84. The van der Waals surface area contributed by atoms with E-state index in [0.717, 1.165) is 29.3 Å². The lowest BCUT2D eigenvalue weighted by molar-refractivity contribution is 0.206. The molecule has 1 aromatic rings. The number of piperidine rings is 1. The van der Waals surface area contributed by atoms with Crippen LogP contribution in [0, 0.1) is 5.92 Å². The van der Waals surface area contributed by atoms with E-state index in [2.05, 4.69) is 44.2 Å². The van der Waals surface area contributed by atoms with E-state index in [1.807, 2.05) is 12.1 Å². The van der Waals surface area contributed by atoms with Gasteiger partial charge in [-0.25, -0.2) is 4.98 Å². The van der Waals surface area contributed by atoms with Gasteiger partial charge in [-0.2, -0.15) is 0 Å². The highest BCUT2D eigenvalue weighted by atomic mass is 79.9. The van der Waals surface area contributed by atoms with Gasteiger partial charge in [-0.15, -0.1) is 0 Å². The highest BCUT2D eigenvalue weighted by Gasteiger charge is 2.16. The van der Waals surface area contributed by atoms with Crippen LogP contribution in [0.4, 0.5) is 0 Å². The number of pyridine rings is 1. The summed E-state index contributed by atoms with van der Waals surface area (Å²) in [7, 11) is 2.21. The lowest BCUT2D eigenvalue weighted by Crippen LogP contribution is -2.37. The van der Waals surface area contributed by atoms with Crippen molar-refractivity contribution < 1.29 is 0 Å². The highest BCUT2D eigenvalue weighted by molar-refractivity contribution is 9.10. The molecule has 94 valence electrons. The Morgan fingerprint density at radius 3 is 3.18 bits per heavy atom. The normalized spacial score (nSPS) is 21.6. The van der Waals surface area contributed by atoms with Crippen LogP contribution in [-0.2, 0) is 6.54 Å². The van der Waals surface area contributed by atoms with Crippen LogP contribution >= 0.6 is 15.9 Å². The molecule has 1 unspecified atom stereocenters. The molecule has 1 fully saturated rings. The number of nitrogens with one attached hydrogen (secondary N) is 1. The number of likely N-dealkylation sites (tertiary alicyclic amines) is 1. The van der Waals surface area contributed by atoms with Crippen LogP contribution in [0.2, 0.25) is 0 Å². The molecular formula is C13H20BrN3. The lowest BCUT2D eigenvalue weighted by Gasteiger charge is -2.29. The van der Waals surface area contributed by atoms with Crippen LogP contribution < -0.4 is 5.32 Å². The molecule has 0 radical (unpaired) electrons. The summed E-state index contributed by atoms with van der Waals surface area (Å²) in [6.45, 7) is 4.43.